The number of thiazole rings is 1. The second kappa shape index (κ2) is 8.64. The molecule has 0 spiro atoms. The number of hydrogen-bond donors (Lipinski definition) is 1. The lowest BCUT2D eigenvalue weighted by molar-refractivity contribution is 0.146. The maximum atomic E-state index is 5.60. The molecule has 0 fully saturated rings. The van der Waals surface area contributed by atoms with Gasteiger partial charge in [-0.2, -0.15) is 0 Å². The van der Waals surface area contributed by atoms with Gasteiger partial charge in [-0.05, 0) is 12.1 Å². The molecular formula is C16H20N2OS. The van der Waals surface area contributed by atoms with Crippen LogP contribution in [0.4, 0.5) is 0 Å². The fourth-order valence-electron chi connectivity index (χ4n) is 1.71. The van der Waals surface area contributed by atoms with Crippen LogP contribution >= 0.6 is 11.3 Å². The van der Waals surface area contributed by atoms with Gasteiger partial charge in [-0.3, -0.25) is 0 Å². The van der Waals surface area contributed by atoms with Crippen LogP contribution in [-0.2, 0) is 17.9 Å². The minimum absolute atomic E-state index is 0.571. The van der Waals surface area contributed by atoms with Crippen LogP contribution in [0.15, 0.2) is 41.8 Å². The van der Waals surface area contributed by atoms with Crippen LogP contribution in [0.5, 0.6) is 0 Å². The van der Waals surface area contributed by atoms with Gasteiger partial charge in [-0.15, -0.1) is 11.3 Å². The molecule has 0 unspecified atom stereocenters. The first-order valence-electron chi connectivity index (χ1n) is 6.82. The van der Waals surface area contributed by atoms with E-state index in [0.717, 1.165) is 23.8 Å². The van der Waals surface area contributed by atoms with Crippen LogP contribution in [0.1, 0.15) is 23.2 Å². The van der Waals surface area contributed by atoms with E-state index < -0.39 is 0 Å². The van der Waals surface area contributed by atoms with Gasteiger partial charge in [0, 0.05) is 11.9 Å². The Hall–Kier alpha value is -1.49. The molecule has 0 bridgehead atoms. The summed E-state index contributed by atoms with van der Waals surface area (Å²) in [6.07, 6.45) is 4.10. The van der Waals surface area contributed by atoms with E-state index in [4.69, 9.17) is 4.74 Å². The van der Waals surface area contributed by atoms with Gasteiger partial charge in [0.25, 0.3) is 0 Å². The summed E-state index contributed by atoms with van der Waals surface area (Å²) in [5.41, 5.74) is 2.20. The first-order chi connectivity index (χ1) is 9.88. The molecule has 1 aromatic heterocycles. The van der Waals surface area contributed by atoms with Crippen molar-refractivity contribution in [2.24, 2.45) is 0 Å². The molecule has 2 rings (SSSR count). The normalized spacial score (nSPS) is 11.2. The standard InChI is InChI=1S/C16H20N2OS/c1-2-17-11-16-18-15(13-20-16)12-19-10-6-9-14-7-4-3-5-8-14/h3-9,13,17H,2,10-12H2,1H3. The van der Waals surface area contributed by atoms with Crippen molar-refractivity contribution < 1.29 is 4.74 Å². The Morgan fingerprint density at radius 2 is 2.15 bits per heavy atom. The van der Waals surface area contributed by atoms with Crippen molar-refractivity contribution in [3.63, 3.8) is 0 Å². The molecule has 0 radical (unpaired) electrons. The molecule has 0 aliphatic heterocycles. The van der Waals surface area contributed by atoms with Crippen LogP contribution in [0.3, 0.4) is 0 Å². The Balaban J connectivity index is 1.68. The maximum absolute atomic E-state index is 5.60. The van der Waals surface area contributed by atoms with Gasteiger partial charge < -0.3 is 10.1 Å². The zero-order valence-corrected chi connectivity index (χ0v) is 12.5. The lowest BCUT2D eigenvalue weighted by Gasteiger charge is -1.98. The van der Waals surface area contributed by atoms with Crippen molar-refractivity contribution in [3.05, 3.63) is 58.1 Å². The highest BCUT2D eigenvalue weighted by Crippen LogP contribution is 2.10. The van der Waals surface area contributed by atoms with Gasteiger partial charge in [-0.25, -0.2) is 4.98 Å². The molecule has 1 aromatic carbocycles. The number of nitrogens with one attached hydrogen (secondary N) is 1. The molecule has 106 valence electrons. The van der Waals surface area contributed by atoms with E-state index in [-0.39, 0.29) is 0 Å². The molecule has 0 saturated carbocycles. The Morgan fingerprint density at radius 3 is 2.95 bits per heavy atom. The monoisotopic (exact) mass is 288 g/mol. The second-order valence-electron chi connectivity index (χ2n) is 4.34. The fraction of sp³-hybridized carbons (Fsp3) is 0.312. The van der Waals surface area contributed by atoms with E-state index in [1.54, 1.807) is 11.3 Å². The van der Waals surface area contributed by atoms with Gasteiger partial charge in [-0.1, -0.05) is 49.4 Å². The van der Waals surface area contributed by atoms with E-state index in [2.05, 4.69) is 40.8 Å². The van der Waals surface area contributed by atoms with Crippen molar-refractivity contribution in [1.82, 2.24) is 10.3 Å². The Kier molecular flexibility index (Phi) is 6.44. The highest BCUT2D eigenvalue weighted by atomic mass is 32.1. The summed E-state index contributed by atoms with van der Waals surface area (Å²) in [5, 5.41) is 6.45. The van der Waals surface area contributed by atoms with E-state index in [0.29, 0.717) is 13.2 Å². The average molecular weight is 288 g/mol. The number of benzene rings is 1. The molecule has 4 heteroatoms. The minimum Gasteiger partial charge on any atom is -0.371 e. The number of rotatable bonds is 8. The molecule has 0 atom stereocenters. The molecule has 0 amide bonds. The van der Waals surface area contributed by atoms with Crippen molar-refractivity contribution >= 4 is 17.4 Å². The molecule has 0 saturated heterocycles. The summed E-state index contributed by atoms with van der Waals surface area (Å²) in [7, 11) is 0. The maximum Gasteiger partial charge on any atom is 0.107 e. The lowest BCUT2D eigenvalue weighted by atomic mass is 10.2. The summed E-state index contributed by atoms with van der Waals surface area (Å²) >= 11 is 1.68. The number of hydrogen-bond acceptors (Lipinski definition) is 4. The minimum atomic E-state index is 0.571. The Bertz CT molecular complexity index is 522. The van der Waals surface area contributed by atoms with Crippen molar-refractivity contribution in [1.29, 1.82) is 0 Å². The predicted molar refractivity (Wildman–Crippen MR) is 84.6 cm³/mol. The summed E-state index contributed by atoms with van der Waals surface area (Å²) in [4.78, 5) is 4.51. The zero-order valence-electron chi connectivity index (χ0n) is 11.7. The van der Waals surface area contributed by atoms with E-state index in [9.17, 15) is 0 Å². The van der Waals surface area contributed by atoms with E-state index in [1.165, 1.54) is 5.56 Å². The number of ether oxygens (including phenoxy) is 1. The van der Waals surface area contributed by atoms with Gasteiger partial charge in [0.1, 0.15) is 5.01 Å². The lowest BCUT2D eigenvalue weighted by Crippen LogP contribution is -2.11. The number of nitrogens with zero attached hydrogens (tertiary/aromatic N) is 1. The molecule has 0 aliphatic carbocycles. The zero-order chi connectivity index (χ0) is 14.0. The Morgan fingerprint density at radius 1 is 1.30 bits per heavy atom. The van der Waals surface area contributed by atoms with Crippen LogP contribution in [0.25, 0.3) is 6.08 Å². The highest BCUT2D eigenvalue weighted by molar-refractivity contribution is 7.09. The van der Waals surface area contributed by atoms with Crippen LogP contribution < -0.4 is 5.32 Å². The third kappa shape index (κ3) is 5.25. The average Bonchev–Trinajstić information content (AvgIpc) is 2.94. The third-order valence-electron chi connectivity index (χ3n) is 2.70. The first-order valence-corrected chi connectivity index (χ1v) is 7.69. The fourth-order valence-corrected chi connectivity index (χ4v) is 2.46. The van der Waals surface area contributed by atoms with Crippen molar-refractivity contribution in [3.8, 4) is 0 Å². The SMILES string of the molecule is CCNCc1nc(COCC=Cc2ccccc2)cs1. The molecule has 3 nitrogen and oxygen atoms in total. The molecular weight excluding hydrogens is 268 g/mol. The van der Waals surface area contributed by atoms with Crippen LogP contribution in [0.2, 0.25) is 0 Å². The smallest absolute Gasteiger partial charge is 0.107 e. The van der Waals surface area contributed by atoms with Crippen LogP contribution in [0, 0.1) is 0 Å². The molecule has 20 heavy (non-hydrogen) atoms. The van der Waals surface area contributed by atoms with E-state index >= 15 is 0 Å². The highest BCUT2D eigenvalue weighted by Gasteiger charge is 2.00. The third-order valence-corrected chi connectivity index (χ3v) is 3.60. The van der Waals surface area contributed by atoms with Gasteiger partial charge in [0.15, 0.2) is 0 Å². The van der Waals surface area contributed by atoms with Crippen molar-refractivity contribution in [2.45, 2.75) is 20.1 Å². The molecule has 2 aromatic rings. The second-order valence-corrected chi connectivity index (χ2v) is 5.28. The molecule has 1 N–H and O–H groups in total. The van der Waals surface area contributed by atoms with Gasteiger partial charge >= 0.3 is 0 Å². The Labute approximate surface area is 124 Å². The summed E-state index contributed by atoms with van der Waals surface area (Å²) < 4.78 is 5.60. The first kappa shape index (κ1) is 14.9. The van der Waals surface area contributed by atoms with E-state index in [1.807, 2.05) is 24.3 Å². The summed E-state index contributed by atoms with van der Waals surface area (Å²) in [6.45, 7) is 5.08. The summed E-state index contributed by atoms with van der Waals surface area (Å²) in [5.74, 6) is 0. The topological polar surface area (TPSA) is 34.2 Å². The van der Waals surface area contributed by atoms with Gasteiger partial charge in [0.2, 0.25) is 0 Å². The number of aromatic nitrogens is 1. The molecule has 1 heterocycles. The molecule has 0 aliphatic rings. The quantitative estimate of drug-likeness (QED) is 0.755. The van der Waals surface area contributed by atoms with Crippen molar-refractivity contribution in [2.75, 3.05) is 13.2 Å². The predicted octanol–water partition coefficient (Wildman–Crippen LogP) is 3.48. The largest absolute Gasteiger partial charge is 0.371 e. The van der Waals surface area contributed by atoms with Gasteiger partial charge in [0.05, 0.1) is 18.9 Å². The van der Waals surface area contributed by atoms with Crippen LogP contribution in [-0.4, -0.2) is 18.1 Å². The summed E-state index contributed by atoms with van der Waals surface area (Å²) in [6, 6.07) is 10.2.